The third kappa shape index (κ3) is 3.47. The molecule has 0 saturated carbocycles. The molecular weight excluding hydrogens is 488 g/mol. The number of methoxy groups -OCH3 is 2. The van der Waals surface area contributed by atoms with E-state index in [1.807, 2.05) is 30.3 Å². The largest absolute Gasteiger partial charge is 0.504 e. The molecule has 0 bridgehead atoms. The van der Waals surface area contributed by atoms with Gasteiger partial charge in [-0.3, -0.25) is 0 Å². The van der Waals surface area contributed by atoms with Gasteiger partial charge in [0.2, 0.25) is 0 Å². The second-order valence-electron chi connectivity index (χ2n) is 6.55. The molecule has 144 valence electrons. The van der Waals surface area contributed by atoms with E-state index in [9.17, 15) is 5.11 Å². The van der Waals surface area contributed by atoms with Crippen LogP contribution in [0.5, 0.6) is 23.0 Å². The van der Waals surface area contributed by atoms with Crippen molar-refractivity contribution in [2.75, 3.05) is 14.2 Å². The number of fused-ring (bicyclic) bond motifs is 1. The van der Waals surface area contributed by atoms with Crippen LogP contribution in [-0.2, 0) is 0 Å². The lowest BCUT2D eigenvalue weighted by Gasteiger charge is -2.21. The number of rotatable bonds is 4. The van der Waals surface area contributed by atoms with Gasteiger partial charge in [-0.05, 0) is 47.5 Å². The molecule has 1 aliphatic rings. The molecule has 1 aliphatic heterocycles. The molecule has 0 unspecified atom stereocenters. The number of hydrogen-bond donors (Lipinski definition) is 1. The van der Waals surface area contributed by atoms with Gasteiger partial charge in [0.15, 0.2) is 11.5 Å². The van der Waals surface area contributed by atoms with Crippen LogP contribution in [0.3, 0.4) is 0 Å². The van der Waals surface area contributed by atoms with Crippen LogP contribution in [0.1, 0.15) is 28.7 Å². The van der Waals surface area contributed by atoms with Crippen LogP contribution in [0.2, 0.25) is 0 Å². The number of halogens is 2. The SMILES string of the molecule is COc1ccc([C@H]2Oc3cc(OC)c(O)cc3[C@@H]2c2cc(Br)cc(Br)c2)cc1. The number of aromatic hydroxyl groups is 1. The molecule has 3 aromatic rings. The molecule has 0 aliphatic carbocycles. The van der Waals surface area contributed by atoms with Crippen LogP contribution in [0.25, 0.3) is 0 Å². The van der Waals surface area contributed by atoms with Crippen molar-refractivity contribution in [1.29, 1.82) is 0 Å². The summed E-state index contributed by atoms with van der Waals surface area (Å²) in [7, 11) is 3.17. The fourth-order valence-corrected chi connectivity index (χ4v) is 4.93. The molecule has 3 aromatic carbocycles. The lowest BCUT2D eigenvalue weighted by molar-refractivity contribution is 0.221. The average molecular weight is 506 g/mol. The number of hydrogen-bond acceptors (Lipinski definition) is 4. The molecule has 0 radical (unpaired) electrons. The summed E-state index contributed by atoms with van der Waals surface area (Å²) in [6, 6.07) is 17.5. The van der Waals surface area contributed by atoms with Gasteiger partial charge < -0.3 is 19.3 Å². The first-order chi connectivity index (χ1) is 13.5. The standard InChI is InChI=1S/C22H18Br2O4/c1-26-16-5-3-12(4-6-16)22-21(13-7-14(23)9-15(24)8-13)17-10-18(25)20(27-2)11-19(17)28-22/h3-11,21-22,25H,1-2H3/t21-,22+/m0/s1. The number of phenolic OH excluding ortho intramolecular Hbond substituents is 1. The van der Waals surface area contributed by atoms with E-state index in [0.717, 1.165) is 31.4 Å². The Morgan fingerprint density at radius 1 is 0.857 bits per heavy atom. The van der Waals surface area contributed by atoms with E-state index >= 15 is 0 Å². The number of phenols is 1. The number of benzene rings is 3. The van der Waals surface area contributed by atoms with Crippen LogP contribution >= 0.6 is 31.9 Å². The molecule has 0 spiro atoms. The summed E-state index contributed by atoms with van der Waals surface area (Å²) < 4.78 is 18.8. The second-order valence-corrected chi connectivity index (χ2v) is 8.39. The fraction of sp³-hybridized carbons (Fsp3) is 0.182. The summed E-state index contributed by atoms with van der Waals surface area (Å²) in [5.41, 5.74) is 3.02. The predicted molar refractivity (Wildman–Crippen MR) is 115 cm³/mol. The minimum absolute atomic E-state index is 0.0889. The van der Waals surface area contributed by atoms with Gasteiger partial charge in [-0.25, -0.2) is 0 Å². The van der Waals surface area contributed by atoms with Crippen LogP contribution in [0.4, 0.5) is 0 Å². The summed E-state index contributed by atoms with van der Waals surface area (Å²) in [6.07, 6.45) is -0.242. The first-order valence-electron chi connectivity index (χ1n) is 8.67. The van der Waals surface area contributed by atoms with Gasteiger partial charge in [0.25, 0.3) is 0 Å². The lowest BCUT2D eigenvalue weighted by Crippen LogP contribution is -2.11. The van der Waals surface area contributed by atoms with Crippen molar-refractivity contribution in [3.05, 3.63) is 80.2 Å². The maximum absolute atomic E-state index is 10.4. The van der Waals surface area contributed by atoms with Crippen molar-refractivity contribution in [1.82, 2.24) is 0 Å². The van der Waals surface area contributed by atoms with E-state index in [2.05, 4.69) is 44.0 Å². The maximum atomic E-state index is 10.4. The predicted octanol–water partition coefficient (Wildman–Crippen LogP) is 6.20. The fourth-order valence-electron chi connectivity index (χ4n) is 3.61. The van der Waals surface area contributed by atoms with Crippen molar-refractivity contribution in [2.24, 2.45) is 0 Å². The van der Waals surface area contributed by atoms with Crippen LogP contribution in [0, 0.1) is 0 Å². The quantitative estimate of drug-likeness (QED) is 0.458. The molecule has 0 amide bonds. The van der Waals surface area contributed by atoms with Gasteiger partial charge in [-0.15, -0.1) is 0 Å². The molecule has 4 rings (SSSR count). The molecule has 0 aromatic heterocycles. The Morgan fingerprint density at radius 3 is 2.14 bits per heavy atom. The second kappa shape index (κ2) is 7.68. The smallest absolute Gasteiger partial charge is 0.164 e. The zero-order chi connectivity index (χ0) is 19.8. The Bertz CT molecular complexity index is 998. The van der Waals surface area contributed by atoms with Gasteiger partial charge in [0.05, 0.1) is 20.1 Å². The highest BCUT2D eigenvalue weighted by Gasteiger charge is 2.38. The first kappa shape index (κ1) is 19.2. The first-order valence-corrected chi connectivity index (χ1v) is 10.3. The normalized spacial score (nSPS) is 17.7. The van der Waals surface area contributed by atoms with Crippen molar-refractivity contribution in [3.63, 3.8) is 0 Å². The highest BCUT2D eigenvalue weighted by Crippen LogP contribution is 2.53. The van der Waals surface area contributed by atoms with Crippen LogP contribution in [0.15, 0.2) is 63.5 Å². The monoisotopic (exact) mass is 504 g/mol. The van der Waals surface area contributed by atoms with E-state index in [0.29, 0.717) is 11.5 Å². The Kier molecular flexibility index (Phi) is 5.25. The van der Waals surface area contributed by atoms with Gasteiger partial charge in [0.1, 0.15) is 17.6 Å². The molecule has 6 heteroatoms. The van der Waals surface area contributed by atoms with Crippen LogP contribution in [-0.4, -0.2) is 19.3 Å². The third-order valence-corrected chi connectivity index (χ3v) is 5.81. The van der Waals surface area contributed by atoms with Gasteiger partial charge in [0, 0.05) is 20.6 Å². The van der Waals surface area contributed by atoms with Crippen molar-refractivity contribution < 1.29 is 19.3 Å². The van der Waals surface area contributed by atoms with Crippen molar-refractivity contribution >= 4 is 31.9 Å². The molecular formula is C22H18Br2O4. The highest BCUT2D eigenvalue weighted by molar-refractivity contribution is 9.11. The topological polar surface area (TPSA) is 47.9 Å². The zero-order valence-corrected chi connectivity index (χ0v) is 18.5. The zero-order valence-electron chi connectivity index (χ0n) is 15.3. The van der Waals surface area contributed by atoms with Crippen molar-refractivity contribution in [2.45, 2.75) is 12.0 Å². The van der Waals surface area contributed by atoms with E-state index in [4.69, 9.17) is 14.2 Å². The Labute approximate surface area is 180 Å². The Balaban J connectivity index is 1.86. The molecule has 0 fully saturated rings. The molecule has 1 N–H and O–H groups in total. The summed E-state index contributed by atoms with van der Waals surface area (Å²) in [6.45, 7) is 0. The van der Waals surface area contributed by atoms with E-state index in [1.54, 1.807) is 19.2 Å². The highest BCUT2D eigenvalue weighted by atomic mass is 79.9. The van der Waals surface area contributed by atoms with E-state index in [1.165, 1.54) is 7.11 Å². The van der Waals surface area contributed by atoms with Crippen molar-refractivity contribution in [3.8, 4) is 23.0 Å². The third-order valence-electron chi connectivity index (χ3n) is 4.89. The molecule has 4 nitrogen and oxygen atoms in total. The lowest BCUT2D eigenvalue weighted by atomic mass is 9.85. The summed E-state index contributed by atoms with van der Waals surface area (Å²) >= 11 is 7.15. The van der Waals surface area contributed by atoms with Gasteiger partial charge in [-0.2, -0.15) is 0 Å². The van der Waals surface area contributed by atoms with E-state index < -0.39 is 0 Å². The molecule has 28 heavy (non-hydrogen) atoms. The van der Waals surface area contributed by atoms with Gasteiger partial charge in [-0.1, -0.05) is 44.0 Å². The van der Waals surface area contributed by atoms with E-state index in [-0.39, 0.29) is 17.8 Å². The maximum Gasteiger partial charge on any atom is 0.164 e. The minimum Gasteiger partial charge on any atom is -0.504 e. The molecule has 0 saturated heterocycles. The molecule has 2 atom stereocenters. The number of ether oxygens (including phenoxy) is 3. The Hall–Kier alpha value is -2.18. The summed E-state index contributed by atoms with van der Waals surface area (Å²) in [5.74, 6) is 1.90. The Morgan fingerprint density at radius 2 is 1.54 bits per heavy atom. The molecule has 1 heterocycles. The van der Waals surface area contributed by atoms with Crippen LogP contribution < -0.4 is 14.2 Å². The minimum atomic E-state index is -0.242. The summed E-state index contributed by atoms with van der Waals surface area (Å²) in [5, 5.41) is 10.4. The average Bonchev–Trinajstić information content (AvgIpc) is 3.04. The summed E-state index contributed by atoms with van der Waals surface area (Å²) in [4.78, 5) is 0. The van der Waals surface area contributed by atoms with Gasteiger partial charge >= 0.3 is 0 Å².